The second-order valence-electron chi connectivity index (χ2n) is 4.90. The monoisotopic (exact) mass is 307 g/mol. The zero-order chi connectivity index (χ0) is 13.8. The van der Waals surface area contributed by atoms with Crippen molar-refractivity contribution in [2.24, 2.45) is 0 Å². The lowest BCUT2D eigenvalue weighted by atomic mass is 10.1. The van der Waals surface area contributed by atoms with Gasteiger partial charge in [0.05, 0.1) is 16.9 Å². The van der Waals surface area contributed by atoms with Gasteiger partial charge in [-0.15, -0.1) is 11.3 Å². The smallest absolute Gasteiger partial charge is 0.138 e. The number of hydrogen-bond donors (Lipinski definition) is 0. The molecule has 0 saturated carbocycles. The number of aromatic nitrogens is 1. The first-order valence-electron chi connectivity index (χ1n) is 6.75. The summed E-state index contributed by atoms with van der Waals surface area (Å²) < 4.78 is 5.99. The molecule has 0 amide bonds. The van der Waals surface area contributed by atoms with E-state index in [-0.39, 0.29) is 6.10 Å². The van der Waals surface area contributed by atoms with Crippen LogP contribution in [0.4, 0.5) is 0 Å². The van der Waals surface area contributed by atoms with Gasteiger partial charge in [0.1, 0.15) is 16.9 Å². The summed E-state index contributed by atoms with van der Waals surface area (Å²) in [5.41, 5.74) is 0. The molecule has 1 aromatic heterocycles. The van der Waals surface area contributed by atoms with Crippen LogP contribution in [0.5, 0.6) is 5.75 Å². The summed E-state index contributed by atoms with van der Waals surface area (Å²) in [6, 6.07) is 7.67. The summed E-state index contributed by atoms with van der Waals surface area (Å²) in [6.45, 7) is 3.00. The van der Waals surface area contributed by atoms with E-state index in [1.165, 1.54) is 0 Å². The number of benzene rings is 1. The van der Waals surface area contributed by atoms with E-state index in [0.29, 0.717) is 5.02 Å². The molecule has 0 spiro atoms. The van der Waals surface area contributed by atoms with E-state index >= 15 is 0 Å². The Bertz CT molecular complexity index is 539. The minimum Gasteiger partial charge on any atom is -0.489 e. The van der Waals surface area contributed by atoms with Crippen molar-refractivity contribution in [3.05, 3.63) is 45.9 Å². The Morgan fingerprint density at radius 2 is 2.15 bits per heavy atom. The maximum absolute atomic E-state index is 6.12. The highest BCUT2D eigenvalue weighted by atomic mass is 35.5. The lowest BCUT2D eigenvalue weighted by molar-refractivity contribution is 0.0968. The second-order valence-corrected chi connectivity index (χ2v) is 6.21. The van der Waals surface area contributed by atoms with Crippen LogP contribution < -0.4 is 4.74 Å². The third kappa shape index (κ3) is 3.51. The fourth-order valence-electron chi connectivity index (χ4n) is 2.39. The van der Waals surface area contributed by atoms with E-state index in [1.807, 2.05) is 24.3 Å². The number of nitrogens with zero attached hydrogens (tertiary/aromatic N) is 2. The highest BCUT2D eigenvalue weighted by molar-refractivity contribution is 7.09. The normalized spacial score (nSPS) is 17.2. The van der Waals surface area contributed by atoms with Crippen LogP contribution >= 0.6 is 22.9 Å². The predicted molar refractivity (Wildman–Crippen MR) is 81.3 cm³/mol. The molecule has 20 heavy (non-hydrogen) atoms. The molecule has 0 bridgehead atoms. The SMILES string of the molecule is Clc1ccccc1OC1CCN(Cc2nc[c]s2)CC1. The number of thiazole rings is 1. The van der Waals surface area contributed by atoms with Gasteiger partial charge in [0.2, 0.25) is 0 Å². The van der Waals surface area contributed by atoms with Crippen molar-refractivity contribution in [2.75, 3.05) is 13.1 Å². The van der Waals surface area contributed by atoms with Gasteiger partial charge in [0.15, 0.2) is 0 Å². The van der Waals surface area contributed by atoms with Crippen molar-refractivity contribution >= 4 is 22.9 Å². The first-order valence-corrected chi connectivity index (χ1v) is 7.95. The third-order valence-electron chi connectivity index (χ3n) is 3.46. The molecular weight excluding hydrogens is 292 g/mol. The van der Waals surface area contributed by atoms with Gasteiger partial charge in [0.25, 0.3) is 0 Å². The molecule has 0 N–H and O–H groups in total. The number of para-hydroxylation sites is 1. The highest BCUT2D eigenvalue weighted by Crippen LogP contribution is 2.27. The summed E-state index contributed by atoms with van der Waals surface area (Å²) in [5, 5.41) is 4.85. The van der Waals surface area contributed by atoms with Crippen molar-refractivity contribution in [1.82, 2.24) is 9.88 Å². The number of halogens is 1. The quantitative estimate of drug-likeness (QED) is 0.862. The fourth-order valence-corrected chi connectivity index (χ4v) is 3.16. The van der Waals surface area contributed by atoms with Crippen LogP contribution in [0.25, 0.3) is 0 Å². The van der Waals surface area contributed by atoms with Crippen LogP contribution in [-0.2, 0) is 6.54 Å². The predicted octanol–water partition coefficient (Wildman–Crippen LogP) is 3.64. The van der Waals surface area contributed by atoms with Gasteiger partial charge < -0.3 is 4.74 Å². The molecule has 2 aromatic rings. The van der Waals surface area contributed by atoms with Crippen molar-refractivity contribution in [1.29, 1.82) is 0 Å². The molecule has 5 heteroatoms. The van der Waals surface area contributed by atoms with E-state index in [2.05, 4.69) is 15.3 Å². The van der Waals surface area contributed by atoms with Crippen LogP contribution in [0.1, 0.15) is 17.8 Å². The van der Waals surface area contributed by atoms with Gasteiger partial charge in [0, 0.05) is 19.3 Å². The zero-order valence-electron chi connectivity index (χ0n) is 11.1. The molecule has 2 heterocycles. The van der Waals surface area contributed by atoms with Crippen molar-refractivity contribution in [3.63, 3.8) is 0 Å². The average Bonchev–Trinajstić information content (AvgIpc) is 2.96. The molecule has 1 saturated heterocycles. The molecular formula is C15H16ClN2OS. The number of rotatable bonds is 4. The molecule has 105 valence electrons. The molecule has 0 unspecified atom stereocenters. The molecule has 1 radical (unpaired) electrons. The molecule has 1 aromatic carbocycles. The standard InChI is InChI=1S/C15H16ClN2OS/c16-13-3-1-2-4-14(13)19-12-5-8-18(9-6-12)11-15-17-7-10-20-15/h1-4,7,12H,5-6,8-9,11H2. The maximum atomic E-state index is 6.12. The van der Waals surface area contributed by atoms with Crippen molar-refractivity contribution < 1.29 is 4.74 Å². The number of hydrogen-bond acceptors (Lipinski definition) is 4. The minimum absolute atomic E-state index is 0.258. The summed E-state index contributed by atoms with van der Waals surface area (Å²) in [6.07, 6.45) is 4.06. The molecule has 3 rings (SSSR count). The summed E-state index contributed by atoms with van der Waals surface area (Å²) in [5.74, 6) is 0.794. The summed E-state index contributed by atoms with van der Waals surface area (Å²) in [4.78, 5) is 6.70. The van der Waals surface area contributed by atoms with E-state index in [0.717, 1.165) is 43.2 Å². The van der Waals surface area contributed by atoms with E-state index < -0.39 is 0 Å². The Labute approximate surface area is 128 Å². The van der Waals surface area contributed by atoms with Gasteiger partial charge >= 0.3 is 0 Å². The van der Waals surface area contributed by atoms with Crippen molar-refractivity contribution in [2.45, 2.75) is 25.5 Å². The van der Waals surface area contributed by atoms with Crippen LogP contribution in [0.15, 0.2) is 30.5 Å². The fraction of sp³-hybridized carbons (Fsp3) is 0.400. The Morgan fingerprint density at radius 3 is 2.85 bits per heavy atom. The lowest BCUT2D eigenvalue weighted by Gasteiger charge is -2.31. The largest absolute Gasteiger partial charge is 0.489 e. The van der Waals surface area contributed by atoms with E-state index in [1.54, 1.807) is 17.5 Å². The van der Waals surface area contributed by atoms with Crippen molar-refractivity contribution in [3.8, 4) is 5.75 Å². The number of likely N-dealkylation sites (tertiary alicyclic amines) is 1. The van der Waals surface area contributed by atoms with Crippen LogP contribution in [0, 0.1) is 5.38 Å². The number of piperidine rings is 1. The van der Waals surface area contributed by atoms with Crippen LogP contribution in [0.2, 0.25) is 5.02 Å². The van der Waals surface area contributed by atoms with E-state index in [9.17, 15) is 0 Å². The Morgan fingerprint density at radius 1 is 1.35 bits per heavy atom. The van der Waals surface area contributed by atoms with Gasteiger partial charge in [-0.2, -0.15) is 0 Å². The first-order chi connectivity index (χ1) is 9.81. The van der Waals surface area contributed by atoms with Gasteiger partial charge in [-0.3, -0.25) is 4.90 Å². The summed E-state index contributed by atoms with van der Waals surface area (Å²) in [7, 11) is 0. The second kappa shape index (κ2) is 6.57. The molecule has 1 aliphatic rings. The molecule has 3 nitrogen and oxygen atoms in total. The van der Waals surface area contributed by atoms with Gasteiger partial charge in [-0.05, 0) is 25.0 Å². The Balaban J connectivity index is 1.50. The van der Waals surface area contributed by atoms with Gasteiger partial charge in [-0.25, -0.2) is 4.98 Å². The minimum atomic E-state index is 0.258. The highest BCUT2D eigenvalue weighted by Gasteiger charge is 2.21. The van der Waals surface area contributed by atoms with Gasteiger partial charge in [-0.1, -0.05) is 23.7 Å². The van der Waals surface area contributed by atoms with Crippen LogP contribution in [-0.4, -0.2) is 29.1 Å². The average molecular weight is 308 g/mol. The Hall–Kier alpha value is -1.10. The number of ether oxygens (including phenoxy) is 1. The molecule has 1 fully saturated rings. The lowest BCUT2D eigenvalue weighted by Crippen LogP contribution is -2.37. The first kappa shape index (κ1) is 13.9. The maximum Gasteiger partial charge on any atom is 0.138 e. The topological polar surface area (TPSA) is 25.4 Å². The van der Waals surface area contributed by atoms with E-state index in [4.69, 9.17) is 16.3 Å². The van der Waals surface area contributed by atoms with Crippen LogP contribution in [0.3, 0.4) is 0 Å². The summed E-state index contributed by atoms with van der Waals surface area (Å²) >= 11 is 7.72. The molecule has 0 atom stereocenters. The molecule has 1 aliphatic heterocycles. The Kier molecular flexibility index (Phi) is 4.55. The zero-order valence-corrected chi connectivity index (χ0v) is 12.7. The molecule has 0 aliphatic carbocycles. The third-order valence-corrected chi connectivity index (χ3v) is 4.47.